The molecular formula is C20H18ClN5OS. The number of nitrogens with one attached hydrogen (secondary N) is 2. The van der Waals surface area contributed by atoms with Gasteiger partial charge in [0, 0.05) is 29.5 Å². The lowest BCUT2D eigenvalue weighted by Crippen LogP contribution is -2.44. The van der Waals surface area contributed by atoms with E-state index in [2.05, 4.69) is 15.6 Å². The van der Waals surface area contributed by atoms with Crippen LogP contribution in [0.4, 0.5) is 21.9 Å². The summed E-state index contributed by atoms with van der Waals surface area (Å²) in [6, 6.07) is 16.8. The van der Waals surface area contributed by atoms with Crippen LogP contribution in [-0.4, -0.2) is 16.5 Å². The average Bonchev–Trinajstić information content (AvgIpc) is 3.05. The maximum atomic E-state index is 12.6. The monoisotopic (exact) mass is 411 g/mol. The molecule has 0 saturated heterocycles. The summed E-state index contributed by atoms with van der Waals surface area (Å²) in [4.78, 5) is 19.6. The number of urea groups is 1. The molecule has 1 atom stereocenters. The summed E-state index contributed by atoms with van der Waals surface area (Å²) in [5.74, 6) is 0. The van der Waals surface area contributed by atoms with Gasteiger partial charge in [0.1, 0.15) is 0 Å². The Morgan fingerprint density at radius 2 is 1.93 bits per heavy atom. The summed E-state index contributed by atoms with van der Waals surface area (Å²) >= 11 is 8.09. The van der Waals surface area contributed by atoms with Crippen LogP contribution in [0.1, 0.15) is 5.56 Å². The van der Waals surface area contributed by atoms with E-state index in [0.717, 1.165) is 21.8 Å². The summed E-state index contributed by atoms with van der Waals surface area (Å²) in [6.07, 6.45) is 3.25. The van der Waals surface area contributed by atoms with Gasteiger partial charge in [-0.15, -0.1) is 0 Å². The second-order valence-electron chi connectivity index (χ2n) is 6.09. The number of anilines is 3. The van der Waals surface area contributed by atoms with Crippen molar-refractivity contribution < 1.29 is 4.79 Å². The molecule has 0 fully saturated rings. The summed E-state index contributed by atoms with van der Waals surface area (Å²) in [5, 5.41) is 6.43. The number of hydrogen-bond acceptors (Lipinski definition) is 5. The first-order chi connectivity index (χ1) is 13.7. The van der Waals surface area contributed by atoms with E-state index in [0.29, 0.717) is 17.3 Å². The van der Waals surface area contributed by atoms with Crippen molar-refractivity contribution in [2.75, 3.05) is 10.2 Å². The summed E-state index contributed by atoms with van der Waals surface area (Å²) in [6.45, 7) is 0.342. The fourth-order valence-corrected chi connectivity index (χ4v) is 4.56. The molecule has 0 radical (unpaired) electrons. The standard InChI is InChI=1S/C20H18ClN5OS/c21-15-5-3-4-13(12-22)18(15)26-16-6-1-2-7-17(16)28-20(26)25-19(27)24-14-8-10-23-11-9-14/h1-11,20H,12,22H2,(H2,23,24,25,27). The van der Waals surface area contributed by atoms with E-state index < -0.39 is 0 Å². The predicted octanol–water partition coefficient (Wildman–Crippen LogP) is 4.54. The van der Waals surface area contributed by atoms with Crippen molar-refractivity contribution in [2.45, 2.75) is 16.9 Å². The second-order valence-corrected chi connectivity index (χ2v) is 7.62. The molecule has 0 bridgehead atoms. The van der Waals surface area contributed by atoms with Crippen LogP contribution in [0.3, 0.4) is 0 Å². The highest BCUT2D eigenvalue weighted by Crippen LogP contribution is 2.49. The van der Waals surface area contributed by atoms with Crippen molar-refractivity contribution >= 4 is 46.5 Å². The molecule has 1 aromatic heterocycles. The van der Waals surface area contributed by atoms with Crippen molar-refractivity contribution in [3.63, 3.8) is 0 Å². The second kappa shape index (κ2) is 8.10. The molecule has 6 nitrogen and oxygen atoms in total. The largest absolute Gasteiger partial charge is 0.326 e. The van der Waals surface area contributed by atoms with Gasteiger partial charge >= 0.3 is 6.03 Å². The molecule has 28 heavy (non-hydrogen) atoms. The number of thioether (sulfide) groups is 1. The number of para-hydroxylation sites is 2. The third kappa shape index (κ3) is 3.64. The SMILES string of the molecule is NCc1cccc(Cl)c1N1c2ccccc2SC1NC(=O)Nc1ccncc1. The number of nitrogens with two attached hydrogens (primary N) is 1. The van der Waals surface area contributed by atoms with Gasteiger partial charge in [-0.05, 0) is 35.9 Å². The summed E-state index contributed by atoms with van der Waals surface area (Å²) in [7, 11) is 0. The average molecular weight is 412 g/mol. The molecule has 1 aliphatic heterocycles. The molecule has 3 aromatic rings. The smallest absolute Gasteiger partial charge is 0.321 e. The molecule has 8 heteroatoms. The number of rotatable bonds is 4. The van der Waals surface area contributed by atoms with Gasteiger partial charge in [0.15, 0.2) is 5.50 Å². The van der Waals surface area contributed by atoms with Crippen LogP contribution in [-0.2, 0) is 6.54 Å². The lowest BCUT2D eigenvalue weighted by atomic mass is 10.1. The summed E-state index contributed by atoms with van der Waals surface area (Å²) < 4.78 is 0. The van der Waals surface area contributed by atoms with E-state index in [9.17, 15) is 4.79 Å². The number of amides is 2. The third-order valence-corrected chi connectivity index (χ3v) is 5.78. The Morgan fingerprint density at radius 3 is 2.71 bits per heavy atom. The van der Waals surface area contributed by atoms with Gasteiger partial charge in [0.25, 0.3) is 0 Å². The van der Waals surface area contributed by atoms with E-state index in [1.54, 1.807) is 36.3 Å². The van der Waals surface area contributed by atoms with Gasteiger partial charge in [-0.3, -0.25) is 4.98 Å². The van der Waals surface area contributed by atoms with Crippen LogP contribution in [0.5, 0.6) is 0 Å². The van der Waals surface area contributed by atoms with Gasteiger partial charge < -0.3 is 21.3 Å². The minimum atomic E-state index is -0.371. The molecule has 0 saturated carbocycles. The maximum Gasteiger partial charge on any atom is 0.321 e. The summed E-state index contributed by atoms with van der Waals surface area (Å²) in [5.41, 5.74) is 8.94. The fraction of sp³-hybridized carbons (Fsp3) is 0.100. The van der Waals surface area contributed by atoms with Gasteiger partial charge in [0.2, 0.25) is 0 Å². The quantitative estimate of drug-likeness (QED) is 0.586. The lowest BCUT2D eigenvalue weighted by Gasteiger charge is -2.29. The Morgan fingerprint density at radius 1 is 1.14 bits per heavy atom. The highest BCUT2D eigenvalue weighted by Gasteiger charge is 2.34. The van der Waals surface area contributed by atoms with E-state index in [1.165, 1.54) is 0 Å². The molecule has 1 aliphatic rings. The zero-order valence-corrected chi connectivity index (χ0v) is 16.4. The molecule has 2 heterocycles. The lowest BCUT2D eigenvalue weighted by molar-refractivity contribution is 0.251. The number of halogens is 1. The van der Waals surface area contributed by atoms with E-state index >= 15 is 0 Å². The minimum absolute atomic E-state index is 0.317. The Balaban J connectivity index is 1.66. The molecule has 142 valence electrons. The van der Waals surface area contributed by atoms with E-state index in [1.807, 2.05) is 47.4 Å². The minimum Gasteiger partial charge on any atom is -0.326 e. The van der Waals surface area contributed by atoms with Crippen LogP contribution in [0, 0.1) is 0 Å². The number of aromatic nitrogens is 1. The third-order valence-electron chi connectivity index (χ3n) is 4.32. The van der Waals surface area contributed by atoms with Crippen molar-refractivity contribution in [3.8, 4) is 0 Å². The molecule has 0 aliphatic carbocycles. The number of benzene rings is 2. The number of carbonyl (C=O) groups is 1. The first-order valence-corrected chi connectivity index (χ1v) is 9.93. The molecule has 0 spiro atoms. The zero-order valence-electron chi connectivity index (χ0n) is 14.8. The number of carbonyl (C=O) groups excluding carboxylic acids is 1. The topological polar surface area (TPSA) is 83.3 Å². The van der Waals surface area contributed by atoms with Crippen LogP contribution < -0.4 is 21.3 Å². The van der Waals surface area contributed by atoms with Crippen LogP contribution in [0.2, 0.25) is 5.02 Å². The number of hydrogen-bond donors (Lipinski definition) is 3. The van der Waals surface area contributed by atoms with E-state index in [-0.39, 0.29) is 11.5 Å². The van der Waals surface area contributed by atoms with Gasteiger partial charge in [-0.25, -0.2) is 4.79 Å². The van der Waals surface area contributed by atoms with Crippen LogP contribution in [0.25, 0.3) is 0 Å². The molecule has 4 rings (SSSR count). The van der Waals surface area contributed by atoms with Crippen molar-refractivity contribution in [1.82, 2.24) is 10.3 Å². The number of fused-ring (bicyclic) bond motifs is 1. The zero-order chi connectivity index (χ0) is 19.5. The fourth-order valence-electron chi connectivity index (χ4n) is 3.10. The predicted molar refractivity (Wildman–Crippen MR) is 114 cm³/mol. The number of pyridine rings is 1. The van der Waals surface area contributed by atoms with Crippen molar-refractivity contribution in [2.24, 2.45) is 5.73 Å². The van der Waals surface area contributed by atoms with Crippen LogP contribution in [0.15, 0.2) is 71.9 Å². The Hall–Kier alpha value is -2.74. The van der Waals surface area contributed by atoms with Crippen LogP contribution >= 0.6 is 23.4 Å². The maximum absolute atomic E-state index is 12.6. The van der Waals surface area contributed by atoms with Crippen molar-refractivity contribution in [3.05, 3.63) is 77.6 Å². The highest BCUT2D eigenvalue weighted by atomic mass is 35.5. The number of nitrogens with zero attached hydrogens (tertiary/aromatic N) is 2. The van der Waals surface area contributed by atoms with Crippen molar-refractivity contribution in [1.29, 1.82) is 0 Å². The molecule has 4 N–H and O–H groups in total. The van der Waals surface area contributed by atoms with Gasteiger partial charge in [-0.1, -0.05) is 47.6 Å². The Labute approximate surface area is 172 Å². The molecule has 2 amide bonds. The Bertz CT molecular complexity index is 1000. The van der Waals surface area contributed by atoms with Gasteiger partial charge in [0.05, 0.1) is 16.4 Å². The molecule has 2 aromatic carbocycles. The molecular weight excluding hydrogens is 394 g/mol. The normalized spacial score (nSPS) is 15.2. The highest BCUT2D eigenvalue weighted by molar-refractivity contribution is 8.00. The van der Waals surface area contributed by atoms with E-state index in [4.69, 9.17) is 17.3 Å². The Kier molecular flexibility index (Phi) is 5.38. The first-order valence-electron chi connectivity index (χ1n) is 8.67. The first kappa shape index (κ1) is 18.6. The van der Waals surface area contributed by atoms with Gasteiger partial charge in [-0.2, -0.15) is 0 Å². The molecule has 1 unspecified atom stereocenters.